The molecule has 1 unspecified atom stereocenters. The Labute approximate surface area is 133 Å². The van der Waals surface area contributed by atoms with Gasteiger partial charge in [0.1, 0.15) is 16.0 Å². The van der Waals surface area contributed by atoms with Crippen LogP contribution >= 0.6 is 27.7 Å². The van der Waals surface area contributed by atoms with Crippen LogP contribution in [0, 0.1) is 0 Å². The second kappa shape index (κ2) is 7.57. The van der Waals surface area contributed by atoms with Crippen LogP contribution in [0.4, 0.5) is 0 Å². The van der Waals surface area contributed by atoms with E-state index >= 15 is 0 Å². The van der Waals surface area contributed by atoms with Crippen molar-refractivity contribution in [2.75, 3.05) is 20.0 Å². The number of hydrogen-bond acceptors (Lipinski definition) is 4. The van der Waals surface area contributed by atoms with Crippen molar-refractivity contribution in [2.24, 2.45) is 0 Å². The predicted molar refractivity (Wildman–Crippen MR) is 86.9 cm³/mol. The molecule has 0 aliphatic heterocycles. The lowest BCUT2D eigenvalue weighted by molar-refractivity contribution is 0.198. The summed E-state index contributed by atoms with van der Waals surface area (Å²) in [6.45, 7) is 0. The Morgan fingerprint density at radius 3 is 2.60 bits per heavy atom. The van der Waals surface area contributed by atoms with Crippen molar-refractivity contribution in [3.05, 3.63) is 22.2 Å². The molecule has 0 aromatic heterocycles. The SMILES string of the molecule is COc1ccc(C(O)CSC2CCCC2)c(OC)c1Br. The zero-order valence-electron chi connectivity index (χ0n) is 11.9. The summed E-state index contributed by atoms with van der Waals surface area (Å²) in [6.07, 6.45) is 4.69. The quantitative estimate of drug-likeness (QED) is 0.825. The van der Waals surface area contributed by atoms with Crippen molar-refractivity contribution in [1.82, 2.24) is 0 Å². The third kappa shape index (κ3) is 3.62. The standard InChI is InChI=1S/C15H21BrO3S/c1-18-13-8-7-11(15(19-2)14(13)16)12(17)9-20-10-5-3-4-6-10/h7-8,10,12,17H,3-6,9H2,1-2H3. The maximum Gasteiger partial charge on any atom is 0.142 e. The highest BCUT2D eigenvalue weighted by molar-refractivity contribution is 9.10. The Balaban J connectivity index is 2.08. The van der Waals surface area contributed by atoms with Gasteiger partial charge in [-0.25, -0.2) is 0 Å². The number of rotatable bonds is 6. The van der Waals surface area contributed by atoms with Crippen molar-refractivity contribution in [3.8, 4) is 11.5 Å². The van der Waals surface area contributed by atoms with E-state index in [4.69, 9.17) is 9.47 Å². The van der Waals surface area contributed by atoms with Crippen LogP contribution in [0.1, 0.15) is 37.4 Å². The molecular formula is C15H21BrO3S. The highest BCUT2D eigenvalue weighted by Crippen LogP contribution is 2.41. The molecule has 1 N–H and O–H groups in total. The van der Waals surface area contributed by atoms with Gasteiger partial charge < -0.3 is 14.6 Å². The minimum Gasteiger partial charge on any atom is -0.495 e. The molecule has 1 aromatic carbocycles. The molecule has 0 amide bonds. The first-order valence-electron chi connectivity index (χ1n) is 6.87. The number of aliphatic hydroxyl groups excluding tert-OH is 1. The summed E-state index contributed by atoms with van der Waals surface area (Å²) in [6, 6.07) is 3.73. The van der Waals surface area contributed by atoms with E-state index in [2.05, 4.69) is 15.9 Å². The summed E-state index contributed by atoms with van der Waals surface area (Å²) in [5, 5.41) is 11.1. The van der Waals surface area contributed by atoms with E-state index in [0.29, 0.717) is 22.5 Å². The van der Waals surface area contributed by atoms with Crippen LogP contribution < -0.4 is 9.47 Å². The topological polar surface area (TPSA) is 38.7 Å². The Morgan fingerprint density at radius 1 is 1.30 bits per heavy atom. The fourth-order valence-corrected chi connectivity index (χ4v) is 4.54. The fourth-order valence-electron chi connectivity index (χ4n) is 2.55. The average Bonchev–Trinajstić information content (AvgIpc) is 2.97. The second-order valence-corrected chi connectivity index (χ2v) is 7.09. The third-order valence-electron chi connectivity index (χ3n) is 3.67. The van der Waals surface area contributed by atoms with Gasteiger partial charge >= 0.3 is 0 Å². The first-order chi connectivity index (χ1) is 9.67. The Hall–Kier alpha value is -0.390. The van der Waals surface area contributed by atoms with Crippen LogP contribution in [-0.4, -0.2) is 30.3 Å². The fraction of sp³-hybridized carbons (Fsp3) is 0.600. The largest absolute Gasteiger partial charge is 0.495 e. The lowest BCUT2D eigenvalue weighted by Gasteiger charge is -2.18. The van der Waals surface area contributed by atoms with Gasteiger partial charge in [0.05, 0.1) is 20.3 Å². The second-order valence-electron chi connectivity index (χ2n) is 4.96. The average molecular weight is 361 g/mol. The predicted octanol–water partition coefficient (Wildman–Crippen LogP) is 4.18. The maximum atomic E-state index is 10.4. The summed E-state index contributed by atoms with van der Waals surface area (Å²) in [5.74, 6) is 2.07. The molecule has 0 saturated heterocycles. The van der Waals surface area contributed by atoms with E-state index < -0.39 is 6.10 Å². The van der Waals surface area contributed by atoms with Crippen LogP contribution in [0.15, 0.2) is 16.6 Å². The molecule has 1 aromatic rings. The Morgan fingerprint density at radius 2 is 2.00 bits per heavy atom. The van der Waals surface area contributed by atoms with Crippen LogP contribution in [0.5, 0.6) is 11.5 Å². The van der Waals surface area contributed by atoms with Crippen LogP contribution in [-0.2, 0) is 0 Å². The van der Waals surface area contributed by atoms with Gasteiger partial charge in [-0.15, -0.1) is 0 Å². The lowest BCUT2D eigenvalue weighted by Crippen LogP contribution is -2.07. The minimum absolute atomic E-state index is 0.516. The molecule has 20 heavy (non-hydrogen) atoms. The Kier molecular flexibility index (Phi) is 6.05. The molecule has 1 saturated carbocycles. The zero-order chi connectivity index (χ0) is 14.5. The molecule has 0 radical (unpaired) electrons. The number of ether oxygens (including phenoxy) is 2. The molecule has 1 fully saturated rings. The minimum atomic E-state index is -0.516. The van der Waals surface area contributed by atoms with E-state index in [-0.39, 0.29) is 0 Å². The van der Waals surface area contributed by atoms with Gasteiger partial charge in [-0.05, 0) is 40.9 Å². The molecule has 0 spiro atoms. The highest BCUT2D eigenvalue weighted by Gasteiger charge is 2.21. The summed E-state index contributed by atoms with van der Waals surface area (Å²) < 4.78 is 11.4. The smallest absolute Gasteiger partial charge is 0.142 e. The van der Waals surface area contributed by atoms with Gasteiger partial charge in [0.25, 0.3) is 0 Å². The van der Waals surface area contributed by atoms with Crippen LogP contribution in [0.25, 0.3) is 0 Å². The molecule has 5 heteroatoms. The van der Waals surface area contributed by atoms with Gasteiger partial charge in [-0.3, -0.25) is 0 Å². The van der Waals surface area contributed by atoms with Crippen molar-refractivity contribution in [2.45, 2.75) is 37.0 Å². The number of halogens is 1. The van der Waals surface area contributed by atoms with Gasteiger partial charge in [0, 0.05) is 16.6 Å². The lowest BCUT2D eigenvalue weighted by atomic mass is 10.1. The highest BCUT2D eigenvalue weighted by atomic mass is 79.9. The molecule has 0 bridgehead atoms. The number of methoxy groups -OCH3 is 2. The molecule has 3 nitrogen and oxygen atoms in total. The summed E-state index contributed by atoms with van der Waals surface area (Å²) in [5.41, 5.74) is 0.811. The number of hydrogen-bond donors (Lipinski definition) is 1. The van der Waals surface area contributed by atoms with Crippen LogP contribution in [0.3, 0.4) is 0 Å². The molecule has 1 atom stereocenters. The zero-order valence-corrected chi connectivity index (χ0v) is 14.3. The van der Waals surface area contributed by atoms with Crippen LogP contribution in [0.2, 0.25) is 0 Å². The van der Waals surface area contributed by atoms with Gasteiger partial charge in [0.15, 0.2) is 0 Å². The van der Waals surface area contributed by atoms with E-state index in [1.165, 1.54) is 25.7 Å². The van der Waals surface area contributed by atoms with E-state index in [1.807, 2.05) is 23.9 Å². The van der Waals surface area contributed by atoms with Gasteiger partial charge in [0.2, 0.25) is 0 Å². The normalized spacial score (nSPS) is 17.2. The molecule has 112 valence electrons. The van der Waals surface area contributed by atoms with E-state index in [9.17, 15) is 5.11 Å². The summed E-state index contributed by atoms with van der Waals surface area (Å²) >= 11 is 5.34. The van der Waals surface area contributed by atoms with Crippen molar-refractivity contribution in [3.63, 3.8) is 0 Å². The number of benzene rings is 1. The first kappa shape index (κ1) is 16.0. The number of aliphatic hydroxyl groups is 1. The Bertz CT molecular complexity index is 447. The van der Waals surface area contributed by atoms with Crippen molar-refractivity contribution >= 4 is 27.7 Å². The molecule has 2 rings (SSSR count). The molecule has 0 heterocycles. The number of thioether (sulfide) groups is 1. The van der Waals surface area contributed by atoms with Crippen molar-refractivity contribution in [1.29, 1.82) is 0 Å². The van der Waals surface area contributed by atoms with Crippen molar-refractivity contribution < 1.29 is 14.6 Å². The van der Waals surface area contributed by atoms with E-state index in [1.54, 1.807) is 14.2 Å². The monoisotopic (exact) mass is 360 g/mol. The molecule has 1 aliphatic rings. The maximum absolute atomic E-state index is 10.4. The van der Waals surface area contributed by atoms with Gasteiger partial charge in [-0.1, -0.05) is 12.8 Å². The van der Waals surface area contributed by atoms with Gasteiger partial charge in [-0.2, -0.15) is 11.8 Å². The first-order valence-corrected chi connectivity index (χ1v) is 8.71. The third-order valence-corrected chi connectivity index (χ3v) is 5.87. The summed E-state index contributed by atoms with van der Waals surface area (Å²) in [7, 11) is 3.23. The molecular weight excluding hydrogens is 340 g/mol. The van der Waals surface area contributed by atoms with E-state index in [0.717, 1.165) is 10.0 Å². The summed E-state index contributed by atoms with van der Waals surface area (Å²) in [4.78, 5) is 0. The molecule has 1 aliphatic carbocycles.